The number of amides is 2. The van der Waals surface area contributed by atoms with E-state index in [0.717, 1.165) is 6.07 Å². The number of benzene rings is 2. The van der Waals surface area contributed by atoms with E-state index in [1.54, 1.807) is 18.2 Å². The summed E-state index contributed by atoms with van der Waals surface area (Å²) < 4.78 is 56.9. The lowest BCUT2D eigenvalue weighted by Crippen LogP contribution is -2.28. The molecule has 1 saturated heterocycles. The first-order valence-corrected chi connectivity index (χ1v) is 8.79. The molecule has 3 aromatic rings. The van der Waals surface area contributed by atoms with Gasteiger partial charge in [0, 0.05) is 12.6 Å². The highest BCUT2D eigenvalue weighted by atomic mass is 19.4. The number of nitrogens with zero attached hydrogens (tertiary/aromatic N) is 3. The minimum atomic E-state index is -5.19. The highest BCUT2D eigenvalue weighted by Gasteiger charge is 2.39. The molecule has 1 aliphatic rings. The van der Waals surface area contributed by atoms with E-state index in [9.17, 15) is 27.2 Å². The average Bonchev–Trinajstić information content (AvgIpc) is 3.32. The summed E-state index contributed by atoms with van der Waals surface area (Å²) in [6.45, 7) is -0.147. The van der Waals surface area contributed by atoms with Gasteiger partial charge in [-0.05, 0) is 24.3 Å². The third kappa shape index (κ3) is 3.79. The third-order valence-electron chi connectivity index (χ3n) is 4.67. The number of ether oxygens (including phenoxy) is 1. The maximum atomic E-state index is 14.8. The number of cyclic esters (lactones) is 1. The summed E-state index contributed by atoms with van der Waals surface area (Å²) in [5.41, 5.74) is 7.01. The van der Waals surface area contributed by atoms with Gasteiger partial charge in [0.1, 0.15) is 24.3 Å². The molecule has 0 saturated carbocycles. The highest BCUT2D eigenvalue weighted by molar-refractivity contribution is 6.05. The molecule has 4 rings (SSSR count). The van der Waals surface area contributed by atoms with Crippen LogP contribution in [-0.4, -0.2) is 40.6 Å². The molecule has 2 heterocycles. The van der Waals surface area contributed by atoms with Crippen LogP contribution in [0.1, 0.15) is 18.6 Å². The van der Waals surface area contributed by atoms with Crippen LogP contribution in [0.25, 0.3) is 11.0 Å². The molecule has 0 bridgehead atoms. The fraction of sp³-hybridized carbons (Fsp3) is 0.158. The van der Waals surface area contributed by atoms with Gasteiger partial charge in [0.15, 0.2) is 0 Å². The first-order valence-electron chi connectivity index (χ1n) is 8.79. The van der Waals surface area contributed by atoms with Crippen LogP contribution in [0.4, 0.5) is 28.0 Å². The molecule has 1 atom stereocenters. The van der Waals surface area contributed by atoms with Crippen molar-refractivity contribution in [3.05, 3.63) is 59.7 Å². The van der Waals surface area contributed by atoms with Crippen LogP contribution in [-0.2, 0) is 9.53 Å². The van der Waals surface area contributed by atoms with E-state index in [2.05, 4.69) is 15.0 Å². The molecule has 12 heteroatoms. The number of rotatable bonds is 3. The number of aliphatic imine (C=N–C) groups is 1. The van der Waals surface area contributed by atoms with Crippen molar-refractivity contribution in [1.82, 2.24) is 9.97 Å². The molecule has 31 heavy (non-hydrogen) atoms. The van der Waals surface area contributed by atoms with E-state index in [-0.39, 0.29) is 19.2 Å². The third-order valence-corrected chi connectivity index (χ3v) is 4.67. The number of amidine groups is 1. The lowest BCUT2D eigenvalue weighted by molar-refractivity contribution is -0.169. The van der Waals surface area contributed by atoms with E-state index in [4.69, 9.17) is 10.5 Å². The molecule has 0 aliphatic carbocycles. The Morgan fingerprint density at radius 3 is 2.77 bits per heavy atom. The molecule has 3 N–H and O–H groups in total. The topological polar surface area (TPSA) is 114 Å². The van der Waals surface area contributed by atoms with Crippen LogP contribution < -0.4 is 10.6 Å². The van der Waals surface area contributed by atoms with Crippen molar-refractivity contribution in [2.45, 2.75) is 12.2 Å². The normalized spacial score (nSPS) is 17.3. The minimum absolute atomic E-state index is 0. The Morgan fingerprint density at radius 2 is 2.06 bits per heavy atom. The van der Waals surface area contributed by atoms with Crippen molar-refractivity contribution in [3.63, 3.8) is 0 Å². The molecule has 2 amide bonds. The van der Waals surface area contributed by atoms with Crippen LogP contribution in [0.15, 0.2) is 47.7 Å². The zero-order valence-electron chi connectivity index (χ0n) is 15.5. The van der Waals surface area contributed by atoms with E-state index < -0.39 is 35.9 Å². The maximum absolute atomic E-state index is 14.8. The first kappa shape index (κ1) is 20.3. The van der Waals surface area contributed by atoms with Gasteiger partial charge in [0.2, 0.25) is 0 Å². The maximum Gasteiger partial charge on any atom is 0.473 e. The average molecular weight is 437 g/mol. The summed E-state index contributed by atoms with van der Waals surface area (Å²) in [6.07, 6.45) is -4.40. The molecule has 8 nitrogen and oxygen atoms in total. The van der Waals surface area contributed by atoms with Gasteiger partial charge in [-0.1, -0.05) is 12.1 Å². The Labute approximate surface area is 172 Å². The number of aromatic nitrogens is 2. The zero-order valence-corrected chi connectivity index (χ0v) is 15.5. The quantitative estimate of drug-likeness (QED) is 0.370. The number of anilines is 1. The molecule has 1 unspecified atom stereocenters. The number of imidazole rings is 1. The molecule has 1 aliphatic heterocycles. The number of nitrogens with two attached hydrogens (primary N) is 1. The smallest absolute Gasteiger partial charge is 0.447 e. The largest absolute Gasteiger partial charge is 0.473 e. The minimum Gasteiger partial charge on any atom is -0.447 e. The molecular formula is C19H15F4N5O3. The number of hydrogen-bond donors (Lipinski definition) is 2. The van der Waals surface area contributed by atoms with Crippen molar-refractivity contribution < 1.29 is 33.3 Å². The van der Waals surface area contributed by atoms with Crippen molar-refractivity contribution in [1.29, 1.82) is 0 Å². The number of carbonyl (C=O) groups is 2. The zero-order chi connectivity index (χ0) is 22.3. The van der Waals surface area contributed by atoms with Gasteiger partial charge in [-0.25, -0.2) is 14.2 Å². The molecule has 1 fully saturated rings. The first-order chi connectivity index (χ1) is 14.6. The summed E-state index contributed by atoms with van der Waals surface area (Å²) in [6, 6.07) is 7.43. The second-order valence-electron chi connectivity index (χ2n) is 6.60. The van der Waals surface area contributed by atoms with Crippen LogP contribution in [0, 0.1) is 5.82 Å². The van der Waals surface area contributed by atoms with Crippen molar-refractivity contribution in [3.8, 4) is 0 Å². The van der Waals surface area contributed by atoms with E-state index in [0.29, 0.717) is 16.7 Å². The number of aromatic amines is 1. The second-order valence-corrected chi connectivity index (χ2v) is 6.60. The standard InChI is InChI=1S/C19H13F4N5O3.H2/c20-12-5-9(16(24)27-17(29)19(21,22)23)1-3-11(12)15-7-31-18(30)28(15)10-2-4-13-14(6-10)26-8-25-13;/h1-6,8,15H,7H2,(H,25,26)(H2,24,27,29);1H. The molecule has 162 valence electrons. The highest BCUT2D eigenvalue weighted by Crippen LogP contribution is 2.35. The molecule has 1 aromatic heterocycles. The van der Waals surface area contributed by atoms with Crippen molar-refractivity contribution in [2.24, 2.45) is 10.7 Å². The summed E-state index contributed by atoms with van der Waals surface area (Å²) in [4.78, 5) is 34.3. The Hall–Kier alpha value is -3.96. The number of halogens is 4. The number of hydrogen-bond acceptors (Lipinski definition) is 4. The van der Waals surface area contributed by atoms with Gasteiger partial charge in [0.05, 0.1) is 23.0 Å². The number of alkyl halides is 3. The predicted octanol–water partition coefficient (Wildman–Crippen LogP) is 3.44. The van der Waals surface area contributed by atoms with E-state index >= 15 is 0 Å². The lowest BCUT2D eigenvalue weighted by atomic mass is 10.0. The Bertz CT molecular complexity index is 1230. The lowest BCUT2D eigenvalue weighted by Gasteiger charge is -2.22. The molecule has 2 aromatic carbocycles. The summed E-state index contributed by atoms with van der Waals surface area (Å²) in [7, 11) is 0. The Morgan fingerprint density at radius 1 is 1.29 bits per heavy atom. The van der Waals surface area contributed by atoms with E-state index in [1.807, 2.05) is 0 Å². The number of H-pyrrole nitrogens is 1. The van der Waals surface area contributed by atoms with Crippen molar-refractivity contribution in [2.75, 3.05) is 11.5 Å². The van der Waals surface area contributed by atoms with Gasteiger partial charge >= 0.3 is 18.2 Å². The Kier molecular flexibility index (Phi) is 4.84. The fourth-order valence-electron chi connectivity index (χ4n) is 3.20. The monoisotopic (exact) mass is 437 g/mol. The van der Waals surface area contributed by atoms with Gasteiger partial charge in [-0.15, -0.1) is 0 Å². The number of carbonyl (C=O) groups excluding carboxylic acids is 2. The second kappa shape index (κ2) is 7.38. The van der Waals surface area contributed by atoms with Crippen LogP contribution in [0.2, 0.25) is 0 Å². The van der Waals surface area contributed by atoms with E-state index in [1.165, 1.54) is 23.4 Å². The van der Waals surface area contributed by atoms with Gasteiger partial charge in [0.25, 0.3) is 0 Å². The van der Waals surface area contributed by atoms with Gasteiger partial charge in [-0.2, -0.15) is 18.2 Å². The molecule has 0 radical (unpaired) electrons. The van der Waals surface area contributed by atoms with Crippen molar-refractivity contribution >= 4 is 34.6 Å². The fourth-order valence-corrected chi connectivity index (χ4v) is 3.20. The number of fused-ring (bicyclic) bond motifs is 1. The molecular weight excluding hydrogens is 422 g/mol. The predicted molar refractivity (Wildman–Crippen MR) is 103 cm³/mol. The number of nitrogens with one attached hydrogen (secondary N) is 1. The molecule has 0 spiro atoms. The Balaban J connectivity index is 0.00000289. The van der Waals surface area contributed by atoms with Gasteiger partial charge < -0.3 is 15.5 Å². The summed E-state index contributed by atoms with van der Waals surface area (Å²) in [5, 5.41) is 0. The summed E-state index contributed by atoms with van der Waals surface area (Å²) >= 11 is 0. The SMILES string of the molecule is NC(=NC(=O)C(F)(F)F)c1ccc(C2COC(=O)N2c2ccc3nc[nH]c3c2)c(F)c1.[HH]. The van der Waals surface area contributed by atoms with Crippen LogP contribution in [0.3, 0.4) is 0 Å². The van der Waals surface area contributed by atoms with Gasteiger partial charge in [-0.3, -0.25) is 9.69 Å². The van der Waals surface area contributed by atoms with Crippen LogP contribution >= 0.6 is 0 Å². The summed E-state index contributed by atoms with van der Waals surface area (Å²) in [5.74, 6) is -4.04. The van der Waals surface area contributed by atoms with Crippen LogP contribution in [0.5, 0.6) is 0 Å².